The smallest absolute Gasteiger partial charge is 0.177 e. The van der Waals surface area contributed by atoms with Crippen molar-refractivity contribution in [1.82, 2.24) is 19.1 Å². The van der Waals surface area contributed by atoms with E-state index in [9.17, 15) is 0 Å². The fraction of sp³-hybridized carbons (Fsp3) is 0.286. The number of benzene rings is 3. The predicted octanol–water partition coefficient (Wildman–Crippen LogP) is 7.08. The molecule has 172 valence electrons. The van der Waals surface area contributed by atoms with Gasteiger partial charge in [0, 0.05) is 23.5 Å². The molecule has 34 heavy (non-hydrogen) atoms. The second kappa shape index (κ2) is 8.36. The second-order valence-electron chi connectivity index (χ2n) is 11.6. The van der Waals surface area contributed by atoms with Crippen LogP contribution in [0.1, 0.15) is 0 Å². The molecule has 0 aliphatic heterocycles. The van der Waals surface area contributed by atoms with E-state index in [1.54, 1.807) is 0 Å². The number of hydrogen-bond acceptors (Lipinski definition) is 2. The minimum Gasteiger partial charge on any atom is -0.324 e. The molecule has 3 aromatic carbocycles. The number of imidazole rings is 2. The molecular formula is C28H32N4Si2. The number of nitrogens with zero attached hydrogens (tertiary/aromatic N) is 4. The number of fused-ring (bicyclic) bond motifs is 2. The van der Waals surface area contributed by atoms with Crippen molar-refractivity contribution in [3.63, 3.8) is 0 Å². The largest absolute Gasteiger partial charge is 0.324 e. The summed E-state index contributed by atoms with van der Waals surface area (Å²) in [7, 11) is -2.63. The zero-order valence-corrected chi connectivity index (χ0v) is 23.0. The molecule has 0 amide bonds. The summed E-state index contributed by atoms with van der Waals surface area (Å²) in [5.74, 6) is 0. The summed E-state index contributed by atoms with van der Waals surface area (Å²) in [5.41, 5.74) is 9.22. The fourth-order valence-corrected chi connectivity index (χ4v) is 6.97. The Morgan fingerprint density at radius 2 is 0.971 bits per heavy atom. The van der Waals surface area contributed by atoms with Gasteiger partial charge >= 0.3 is 0 Å². The zero-order chi connectivity index (χ0) is 24.1. The van der Waals surface area contributed by atoms with Gasteiger partial charge in [0.05, 0.1) is 38.2 Å². The third-order valence-electron chi connectivity index (χ3n) is 5.92. The Kier molecular flexibility index (Phi) is 5.61. The first kappa shape index (κ1) is 22.8. The van der Waals surface area contributed by atoms with Crippen LogP contribution in [0.4, 0.5) is 0 Å². The van der Waals surface area contributed by atoms with Crippen molar-refractivity contribution in [3.05, 3.63) is 73.3 Å². The van der Waals surface area contributed by atoms with Crippen molar-refractivity contribution in [2.24, 2.45) is 0 Å². The van der Waals surface area contributed by atoms with E-state index < -0.39 is 16.1 Å². The lowest BCUT2D eigenvalue weighted by atomic mass is 9.98. The highest BCUT2D eigenvalue weighted by atomic mass is 28.3. The van der Waals surface area contributed by atoms with Gasteiger partial charge < -0.3 is 9.13 Å². The Balaban J connectivity index is 1.57. The molecule has 0 saturated heterocycles. The lowest BCUT2D eigenvalue weighted by Crippen LogP contribution is -2.27. The zero-order valence-electron chi connectivity index (χ0n) is 21.0. The lowest BCUT2D eigenvalue weighted by Gasteiger charge is -2.18. The molecule has 2 aromatic heterocycles. The van der Waals surface area contributed by atoms with Crippen molar-refractivity contribution in [1.29, 1.82) is 0 Å². The van der Waals surface area contributed by atoms with E-state index in [-0.39, 0.29) is 0 Å². The molecule has 0 N–H and O–H groups in total. The van der Waals surface area contributed by atoms with Gasteiger partial charge in [-0.2, -0.15) is 0 Å². The molecule has 0 fully saturated rings. The van der Waals surface area contributed by atoms with Crippen LogP contribution in [0.15, 0.2) is 60.7 Å². The minimum atomic E-state index is -1.31. The third-order valence-corrected chi connectivity index (χ3v) is 8.45. The number of para-hydroxylation sites is 2. The van der Waals surface area contributed by atoms with E-state index in [1.807, 2.05) is 0 Å². The Labute approximate surface area is 204 Å². The molecule has 2 heterocycles. The highest BCUT2D eigenvalue weighted by Crippen LogP contribution is 2.33. The van der Waals surface area contributed by atoms with Gasteiger partial charge in [0.25, 0.3) is 0 Å². The molecule has 5 rings (SSSR count). The maximum Gasteiger partial charge on any atom is 0.177 e. The molecule has 4 nitrogen and oxygen atoms in total. The van der Waals surface area contributed by atoms with Gasteiger partial charge in [0.1, 0.15) is 0 Å². The van der Waals surface area contributed by atoms with Crippen molar-refractivity contribution in [2.75, 3.05) is 0 Å². The van der Waals surface area contributed by atoms with Gasteiger partial charge in [-0.1, -0.05) is 87.8 Å². The average Bonchev–Trinajstić information content (AvgIpc) is 3.36. The predicted molar refractivity (Wildman–Crippen MR) is 148 cm³/mol. The Hall–Kier alpha value is -2.97. The van der Waals surface area contributed by atoms with Crippen molar-refractivity contribution in [2.45, 2.75) is 51.6 Å². The maximum absolute atomic E-state index is 4.57. The van der Waals surface area contributed by atoms with Crippen LogP contribution in [0.25, 0.3) is 44.3 Å². The summed E-state index contributed by atoms with van der Waals surface area (Å²) in [6.45, 7) is 14.3. The van der Waals surface area contributed by atoms with Gasteiger partial charge in [0.2, 0.25) is 0 Å². The highest BCUT2D eigenvalue weighted by molar-refractivity contribution is 6.75. The average molecular weight is 481 g/mol. The molecule has 2 radical (unpaired) electrons. The third kappa shape index (κ3) is 4.52. The standard InChI is InChI=1S/C28H32N4Si2/c1-33(2,3)19-31-17-29-25-11-7-9-23(27(25)31)21-13-15-22(16-14-21)24-10-8-12-26-28(24)32(18-30-26)20-34(4,5)6/h7-16H,19-20H2,1-6H3. The first-order valence-corrected chi connectivity index (χ1v) is 19.4. The van der Waals surface area contributed by atoms with E-state index in [0.717, 1.165) is 23.4 Å². The van der Waals surface area contributed by atoms with E-state index in [2.05, 4.69) is 132 Å². The van der Waals surface area contributed by atoms with Crippen LogP contribution in [-0.4, -0.2) is 35.2 Å². The molecular weight excluding hydrogens is 449 g/mol. The van der Waals surface area contributed by atoms with Gasteiger partial charge in [0.15, 0.2) is 12.7 Å². The fourth-order valence-electron chi connectivity index (χ4n) is 4.61. The number of hydrogen-bond donors (Lipinski definition) is 0. The van der Waals surface area contributed by atoms with E-state index in [1.165, 1.54) is 33.3 Å². The van der Waals surface area contributed by atoms with Crippen LogP contribution in [0.3, 0.4) is 0 Å². The molecule has 0 aliphatic carbocycles. The van der Waals surface area contributed by atoms with E-state index in [4.69, 9.17) is 0 Å². The molecule has 0 saturated carbocycles. The topological polar surface area (TPSA) is 35.6 Å². The van der Waals surface area contributed by atoms with Crippen LogP contribution in [0, 0.1) is 12.7 Å². The molecule has 0 bridgehead atoms. The van der Waals surface area contributed by atoms with Crippen LogP contribution < -0.4 is 0 Å². The van der Waals surface area contributed by atoms with E-state index in [0.29, 0.717) is 0 Å². The highest BCUT2D eigenvalue weighted by Gasteiger charge is 2.20. The summed E-state index contributed by atoms with van der Waals surface area (Å²) in [4.78, 5) is 9.14. The van der Waals surface area contributed by atoms with Gasteiger partial charge in [-0.25, -0.2) is 9.97 Å². The van der Waals surface area contributed by atoms with Crippen molar-refractivity contribution >= 4 is 38.2 Å². The Morgan fingerprint density at radius 1 is 0.588 bits per heavy atom. The van der Waals surface area contributed by atoms with Gasteiger partial charge in [-0.05, 0) is 23.3 Å². The first-order valence-electron chi connectivity index (χ1n) is 11.9. The van der Waals surface area contributed by atoms with Gasteiger partial charge in [-0.15, -0.1) is 0 Å². The van der Waals surface area contributed by atoms with Crippen molar-refractivity contribution < 1.29 is 0 Å². The lowest BCUT2D eigenvalue weighted by molar-refractivity contribution is 0.872. The second-order valence-corrected chi connectivity index (χ2v) is 22.5. The summed E-state index contributed by atoms with van der Waals surface area (Å²) < 4.78 is 4.46. The van der Waals surface area contributed by atoms with Gasteiger partial charge in [-0.3, -0.25) is 0 Å². The number of rotatable bonds is 6. The molecule has 6 heteroatoms. The number of aromatic nitrogens is 4. The quantitative estimate of drug-likeness (QED) is 0.244. The Bertz CT molecular complexity index is 1350. The molecule has 0 atom stereocenters. The summed E-state index contributed by atoms with van der Waals surface area (Å²) in [5, 5.41) is 0. The van der Waals surface area contributed by atoms with Crippen LogP contribution in [0.2, 0.25) is 39.3 Å². The summed E-state index contributed by atoms with van der Waals surface area (Å²) in [6.07, 6.45) is 8.53. The molecule has 0 unspecified atom stereocenters. The molecule has 0 aliphatic rings. The molecule has 0 spiro atoms. The molecule has 5 aromatic rings. The summed E-state index contributed by atoms with van der Waals surface area (Å²) >= 11 is 0. The van der Waals surface area contributed by atoms with Crippen LogP contribution in [-0.2, 0) is 12.3 Å². The van der Waals surface area contributed by atoms with E-state index >= 15 is 0 Å². The van der Waals surface area contributed by atoms with Crippen molar-refractivity contribution in [3.8, 4) is 22.3 Å². The SMILES string of the molecule is C[Si](C)(C)Cn1[c]nc2cccc(-c3ccc(-c4cccc5n[c]n(C[Si](C)(C)C)c45)cc3)c21. The maximum atomic E-state index is 4.57. The Morgan fingerprint density at radius 3 is 1.32 bits per heavy atom. The summed E-state index contributed by atoms with van der Waals surface area (Å²) in [6, 6.07) is 21.7. The van der Waals surface area contributed by atoms with Crippen LogP contribution in [0.5, 0.6) is 0 Å². The van der Waals surface area contributed by atoms with Crippen LogP contribution >= 0.6 is 0 Å². The first-order chi connectivity index (χ1) is 16.1. The monoisotopic (exact) mass is 480 g/mol. The normalized spacial score (nSPS) is 12.6. The minimum absolute atomic E-state index is 1.01.